The number of anilines is 1. The van der Waals surface area contributed by atoms with Gasteiger partial charge in [-0.25, -0.2) is 9.97 Å². The molecule has 2 atom stereocenters. The zero-order chi connectivity index (χ0) is 19.7. The molecule has 146 valence electrons. The number of hydrogen-bond acceptors (Lipinski definition) is 6. The molecule has 0 saturated carbocycles. The second kappa shape index (κ2) is 7.48. The fraction of sp³-hybridized carbons (Fsp3) is 0.316. The van der Waals surface area contributed by atoms with Crippen molar-refractivity contribution in [1.82, 2.24) is 15.0 Å². The molecule has 4 rings (SSSR count). The molecule has 3 aromatic heterocycles. The summed E-state index contributed by atoms with van der Waals surface area (Å²) in [6.45, 7) is 2.77. The largest absolute Gasteiger partial charge is 0.433 e. The third-order valence-corrected chi connectivity index (χ3v) is 5.14. The Bertz CT molecular complexity index is 934. The van der Waals surface area contributed by atoms with Gasteiger partial charge in [0.2, 0.25) is 0 Å². The Hall–Kier alpha value is -2.52. The maximum atomic E-state index is 13.5. The van der Waals surface area contributed by atoms with E-state index in [9.17, 15) is 13.2 Å². The molecule has 0 spiro atoms. The van der Waals surface area contributed by atoms with Crippen molar-refractivity contribution in [2.45, 2.75) is 25.3 Å². The minimum absolute atomic E-state index is 0.0263. The molecular formula is C19H17F3N4OS. The van der Waals surface area contributed by atoms with Crippen LogP contribution >= 0.6 is 11.3 Å². The molecule has 1 saturated heterocycles. The third kappa shape index (κ3) is 4.00. The number of hydrogen-bond donors (Lipinski definition) is 0. The van der Waals surface area contributed by atoms with E-state index < -0.39 is 11.9 Å². The van der Waals surface area contributed by atoms with Gasteiger partial charge in [0, 0.05) is 37.1 Å². The van der Waals surface area contributed by atoms with Crippen molar-refractivity contribution in [3.05, 3.63) is 58.7 Å². The van der Waals surface area contributed by atoms with Crippen molar-refractivity contribution >= 4 is 17.2 Å². The van der Waals surface area contributed by atoms with Crippen LogP contribution in [0.5, 0.6) is 0 Å². The lowest BCUT2D eigenvalue weighted by Crippen LogP contribution is -2.43. The lowest BCUT2D eigenvalue weighted by molar-refractivity contribution is -0.141. The van der Waals surface area contributed by atoms with Gasteiger partial charge in [-0.15, -0.1) is 0 Å². The lowest BCUT2D eigenvalue weighted by Gasteiger charge is -2.37. The number of aromatic nitrogens is 3. The van der Waals surface area contributed by atoms with Gasteiger partial charge in [-0.3, -0.25) is 4.98 Å². The average molecular weight is 406 g/mol. The third-order valence-electron chi connectivity index (χ3n) is 4.44. The Balaban J connectivity index is 1.73. The Morgan fingerprint density at radius 3 is 2.61 bits per heavy atom. The Labute approximate surface area is 163 Å². The number of ether oxygens (including phenoxy) is 1. The highest BCUT2D eigenvalue weighted by Crippen LogP contribution is 2.34. The van der Waals surface area contributed by atoms with Gasteiger partial charge in [0.25, 0.3) is 0 Å². The molecular weight excluding hydrogens is 389 g/mol. The fourth-order valence-corrected chi connectivity index (χ4v) is 3.85. The molecule has 1 aliphatic rings. The van der Waals surface area contributed by atoms with Crippen LogP contribution < -0.4 is 4.90 Å². The molecule has 0 bridgehead atoms. The second-order valence-corrected chi connectivity index (χ2v) is 7.35. The van der Waals surface area contributed by atoms with Crippen molar-refractivity contribution in [2.24, 2.45) is 0 Å². The van der Waals surface area contributed by atoms with Gasteiger partial charge >= 0.3 is 6.18 Å². The summed E-state index contributed by atoms with van der Waals surface area (Å²) in [6.07, 6.45) is -1.93. The van der Waals surface area contributed by atoms with Gasteiger partial charge in [-0.05, 0) is 41.4 Å². The highest BCUT2D eigenvalue weighted by atomic mass is 32.1. The van der Waals surface area contributed by atoms with Gasteiger partial charge in [-0.1, -0.05) is 0 Å². The number of pyridine rings is 1. The SMILES string of the molecule is CC1CN(c2cc(C(F)(F)F)nc(-c3ccncc3)n2)CC(c2ccsc2)O1. The first-order valence-corrected chi connectivity index (χ1v) is 9.63. The first kappa shape index (κ1) is 18.8. The Morgan fingerprint density at radius 2 is 1.93 bits per heavy atom. The fourth-order valence-electron chi connectivity index (χ4n) is 3.15. The Morgan fingerprint density at radius 1 is 1.14 bits per heavy atom. The topological polar surface area (TPSA) is 51.1 Å². The van der Waals surface area contributed by atoms with E-state index in [1.807, 2.05) is 28.7 Å². The highest BCUT2D eigenvalue weighted by molar-refractivity contribution is 7.07. The minimum Gasteiger partial charge on any atom is -0.367 e. The van der Waals surface area contributed by atoms with E-state index in [1.54, 1.807) is 23.5 Å². The van der Waals surface area contributed by atoms with Crippen molar-refractivity contribution < 1.29 is 17.9 Å². The van der Waals surface area contributed by atoms with Crippen LogP contribution in [0, 0.1) is 0 Å². The van der Waals surface area contributed by atoms with Crippen molar-refractivity contribution in [3.8, 4) is 11.4 Å². The van der Waals surface area contributed by atoms with E-state index in [2.05, 4.69) is 15.0 Å². The van der Waals surface area contributed by atoms with Crippen LogP contribution in [-0.4, -0.2) is 34.1 Å². The summed E-state index contributed by atoms with van der Waals surface area (Å²) in [4.78, 5) is 13.9. The molecule has 5 nitrogen and oxygen atoms in total. The number of nitrogens with zero attached hydrogens (tertiary/aromatic N) is 4. The number of halogens is 3. The van der Waals surface area contributed by atoms with Crippen LogP contribution in [0.3, 0.4) is 0 Å². The predicted octanol–water partition coefficient (Wildman–Crippen LogP) is 4.59. The van der Waals surface area contributed by atoms with Gasteiger partial charge < -0.3 is 9.64 Å². The number of morpholine rings is 1. The first-order valence-electron chi connectivity index (χ1n) is 8.69. The van der Waals surface area contributed by atoms with E-state index in [4.69, 9.17) is 4.74 Å². The average Bonchev–Trinajstić information content (AvgIpc) is 3.22. The van der Waals surface area contributed by atoms with Gasteiger partial charge in [0.1, 0.15) is 11.9 Å². The van der Waals surface area contributed by atoms with E-state index in [1.165, 1.54) is 12.4 Å². The highest BCUT2D eigenvalue weighted by Gasteiger charge is 2.35. The van der Waals surface area contributed by atoms with Crippen LogP contribution in [0.2, 0.25) is 0 Å². The molecule has 0 amide bonds. The lowest BCUT2D eigenvalue weighted by atomic mass is 10.1. The summed E-state index contributed by atoms with van der Waals surface area (Å²) in [6, 6.07) is 6.16. The molecule has 0 N–H and O–H groups in total. The number of alkyl halides is 3. The summed E-state index contributed by atoms with van der Waals surface area (Å²) >= 11 is 1.56. The molecule has 0 aromatic carbocycles. The molecule has 1 fully saturated rings. The van der Waals surface area contributed by atoms with E-state index in [0.29, 0.717) is 18.7 Å². The quantitative estimate of drug-likeness (QED) is 0.637. The predicted molar refractivity (Wildman–Crippen MR) is 100 cm³/mol. The molecule has 28 heavy (non-hydrogen) atoms. The maximum absolute atomic E-state index is 13.5. The monoisotopic (exact) mass is 406 g/mol. The van der Waals surface area contributed by atoms with Crippen molar-refractivity contribution in [1.29, 1.82) is 0 Å². The molecule has 0 radical (unpaired) electrons. The van der Waals surface area contributed by atoms with E-state index in [-0.39, 0.29) is 23.9 Å². The molecule has 1 aliphatic heterocycles. The molecule has 0 aliphatic carbocycles. The van der Waals surface area contributed by atoms with Crippen LogP contribution in [0.15, 0.2) is 47.4 Å². The first-order chi connectivity index (χ1) is 13.4. The van der Waals surface area contributed by atoms with Crippen molar-refractivity contribution in [3.63, 3.8) is 0 Å². The number of rotatable bonds is 3. The maximum Gasteiger partial charge on any atom is 0.433 e. The van der Waals surface area contributed by atoms with Crippen LogP contribution in [0.1, 0.15) is 24.3 Å². The number of thiophene rings is 1. The van der Waals surface area contributed by atoms with Crippen LogP contribution in [0.4, 0.5) is 19.0 Å². The second-order valence-electron chi connectivity index (χ2n) is 6.57. The molecule has 3 aromatic rings. The van der Waals surface area contributed by atoms with E-state index >= 15 is 0 Å². The van der Waals surface area contributed by atoms with Crippen LogP contribution in [0.25, 0.3) is 11.4 Å². The molecule has 4 heterocycles. The zero-order valence-electron chi connectivity index (χ0n) is 14.9. The van der Waals surface area contributed by atoms with Gasteiger partial charge in [0.05, 0.1) is 6.10 Å². The van der Waals surface area contributed by atoms with Crippen molar-refractivity contribution in [2.75, 3.05) is 18.0 Å². The molecule has 9 heteroatoms. The Kier molecular flexibility index (Phi) is 5.03. The molecule has 2 unspecified atom stereocenters. The smallest absolute Gasteiger partial charge is 0.367 e. The normalized spacial score (nSPS) is 20.4. The minimum atomic E-state index is -4.57. The van der Waals surface area contributed by atoms with E-state index in [0.717, 1.165) is 11.6 Å². The summed E-state index contributed by atoms with van der Waals surface area (Å²) in [7, 11) is 0. The summed E-state index contributed by atoms with van der Waals surface area (Å²) in [5.41, 5.74) is 0.537. The summed E-state index contributed by atoms with van der Waals surface area (Å²) < 4.78 is 46.4. The standard InChI is InChI=1S/C19H17F3N4OS/c1-12-9-26(10-15(27-12)14-4-7-28-11-14)17-8-16(19(20,21)22)24-18(25-17)13-2-5-23-6-3-13/h2-8,11-12,15H,9-10H2,1H3. The summed E-state index contributed by atoms with van der Waals surface area (Å²) in [5, 5.41) is 3.95. The zero-order valence-corrected chi connectivity index (χ0v) is 15.7. The van der Waals surface area contributed by atoms with Gasteiger partial charge in [0.15, 0.2) is 11.5 Å². The summed E-state index contributed by atoms with van der Waals surface area (Å²) in [5.74, 6) is 0.267. The van der Waals surface area contributed by atoms with Gasteiger partial charge in [-0.2, -0.15) is 24.5 Å². The van der Waals surface area contributed by atoms with Crippen LogP contribution in [-0.2, 0) is 10.9 Å².